The molecule has 2 aromatic heterocycles. The predicted octanol–water partition coefficient (Wildman–Crippen LogP) is 3.51. The summed E-state index contributed by atoms with van der Waals surface area (Å²) in [5, 5.41) is 3.49. The van der Waals surface area contributed by atoms with Crippen LogP contribution in [0, 0.1) is 0 Å². The van der Waals surface area contributed by atoms with Crippen molar-refractivity contribution in [1.82, 2.24) is 24.4 Å². The molecular weight excluding hydrogens is 390 g/mol. The fourth-order valence-electron chi connectivity index (χ4n) is 4.27. The smallest absolute Gasteiger partial charge is 0.325 e. The Kier molecular flexibility index (Phi) is 4.03. The highest BCUT2D eigenvalue weighted by Crippen LogP contribution is 2.47. The third-order valence-corrected chi connectivity index (χ3v) is 6.52. The zero-order valence-corrected chi connectivity index (χ0v) is 17.5. The summed E-state index contributed by atoms with van der Waals surface area (Å²) in [6.07, 6.45) is 10.2. The first kappa shape index (κ1) is 18.4. The van der Waals surface area contributed by atoms with E-state index < -0.39 is 0 Å². The van der Waals surface area contributed by atoms with Crippen LogP contribution in [0.15, 0.2) is 49.1 Å². The molecule has 3 heterocycles. The molecule has 0 spiro atoms. The molecular formula is C23H25N7O. The lowest BCUT2D eigenvalue weighted by atomic mass is 10.1. The molecule has 158 valence electrons. The lowest BCUT2D eigenvalue weighted by Gasteiger charge is -2.18. The Morgan fingerprint density at radius 1 is 1.13 bits per heavy atom. The summed E-state index contributed by atoms with van der Waals surface area (Å²) in [4.78, 5) is 29.4. The average molecular weight is 416 g/mol. The quantitative estimate of drug-likeness (QED) is 0.666. The van der Waals surface area contributed by atoms with Gasteiger partial charge in [-0.25, -0.2) is 14.8 Å². The molecule has 1 N–H and O–H groups in total. The first-order chi connectivity index (χ1) is 15.1. The summed E-state index contributed by atoms with van der Waals surface area (Å²) >= 11 is 0. The second kappa shape index (κ2) is 6.80. The van der Waals surface area contributed by atoms with Crippen molar-refractivity contribution in [2.45, 2.75) is 37.1 Å². The lowest BCUT2D eigenvalue weighted by molar-refractivity contribution is 0.229. The molecule has 0 unspecified atom stereocenters. The van der Waals surface area contributed by atoms with Gasteiger partial charge in [0.2, 0.25) is 5.95 Å². The molecule has 0 bridgehead atoms. The van der Waals surface area contributed by atoms with Crippen LogP contribution >= 0.6 is 0 Å². The van der Waals surface area contributed by atoms with Crippen molar-refractivity contribution in [2.24, 2.45) is 0 Å². The van der Waals surface area contributed by atoms with Gasteiger partial charge in [-0.2, -0.15) is 4.98 Å². The summed E-state index contributed by atoms with van der Waals surface area (Å²) in [5.74, 6) is 1.89. The Labute approximate surface area is 180 Å². The molecule has 0 atom stereocenters. The number of hydrogen-bond donors (Lipinski definition) is 1. The second-order valence-corrected chi connectivity index (χ2v) is 8.84. The lowest BCUT2D eigenvalue weighted by Crippen LogP contribution is -2.30. The van der Waals surface area contributed by atoms with Gasteiger partial charge in [0.15, 0.2) is 0 Å². The summed E-state index contributed by atoms with van der Waals surface area (Å²) in [6, 6.07) is 10.5. The normalized spacial score (nSPS) is 19.7. The third-order valence-electron chi connectivity index (χ3n) is 6.52. The maximum atomic E-state index is 12.3. The van der Waals surface area contributed by atoms with Crippen molar-refractivity contribution in [3.8, 4) is 5.69 Å². The van der Waals surface area contributed by atoms with Crippen LogP contribution in [0.1, 0.15) is 42.9 Å². The van der Waals surface area contributed by atoms with E-state index in [0.717, 1.165) is 30.1 Å². The monoisotopic (exact) mass is 415 g/mol. The van der Waals surface area contributed by atoms with Gasteiger partial charge in [-0.3, -0.25) is 4.90 Å². The summed E-state index contributed by atoms with van der Waals surface area (Å²) in [7, 11) is 1.80. The van der Waals surface area contributed by atoms with E-state index in [1.54, 1.807) is 29.1 Å². The van der Waals surface area contributed by atoms with Crippen LogP contribution in [0.3, 0.4) is 0 Å². The van der Waals surface area contributed by atoms with Crippen molar-refractivity contribution in [3.63, 3.8) is 0 Å². The van der Waals surface area contributed by atoms with Gasteiger partial charge in [0.05, 0.1) is 17.6 Å². The van der Waals surface area contributed by atoms with E-state index >= 15 is 0 Å². The van der Waals surface area contributed by atoms with Crippen molar-refractivity contribution >= 4 is 17.8 Å². The number of nitrogens with zero attached hydrogens (tertiary/aromatic N) is 6. The maximum Gasteiger partial charge on any atom is 0.325 e. The molecule has 3 aromatic rings. The van der Waals surface area contributed by atoms with E-state index in [1.807, 2.05) is 6.33 Å². The van der Waals surface area contributed by atoms with Crippen molar-refractivity contribution < 1.29 is 4.79 Å². The number of nitrogens with one attached hydrogen (secondary N) is 1. The number of aromatic nitrogens is 4. The van der Waals surface area contributed by atoms with E-state index in [-0.39, 0.29) is 11.6 Å². The van der Waals surface area contributed by atoms with Crippen LogP contribution in [-0.4, -0.2) is 50.6 Å². The Bertz CT molecular complexity index is 1150. The number of hydrogen-bond acceptors (Lipinski definition) is 5. The standard InChI is InChI=1S/C23H25N7O/c1-28-11-12-30(22(28)31)20-7-10-24-21(26-20)27-23(8-9-23)19-14-29(15-25-19)18-4-2-3-17(13-18)16-5-6-16/h2-4,7,10,13-16H,5-6,8-9,11-12H2,1H3,(H,24,26,27). The molecule has 2 saturated carbocycles. The molecule has 31 heavy (non-hydrogen) atoms. The van der Waals surface area contributed by atoms with Crippen molar-refractivity contribution in [3.05, 3.63) is 60.3 Å². The highest BCUT2D eigenvalue weighted by atomic mass is 16.2. The van der Waals surface area contributed by atoms with E-state index in [4.69, 9.17) is 4.98 Å². The van der Waals surface area contributed by atoms with Crippen LogP contribution in [-0.2, 0) is 5.54 Å². The number of amides is 2. The number of anilines is 2. The second-order valence-electron chi connectivity index (χ2n) is 8.84. The summed E-state index contributed by atoms with van der Waals surface area (Å²) in [6.45, 7) is 1.34. The minimum absolute atomic E-state index is 0.0297. The Hall–Kier alpha value is -3.42. The van der Waals surface area contributed by atoms with E-state index in [0.29, 0.717) is 24.9 Å². The predicted molar refractivity (Wildman–Crippen MR) is 117 cm³/mol. The van der Waals surface area contributed by atoms with Gasteiger partial charge < -0.3 is 14.8 Å². The maximum absolute atomic E-state index is 12.3. The first-order valence-electron chi connectivity index (χ1n) is 10.9. The van der Waals surface area contributed by atoms with Crippen molar-refractivity contribution in [2.75, 3.05) is 30.4 Å². The zero-order chi connectivity index (χ0) is 21.0. The molecule has 8 heteroatoms. The number of rotatable bonds is 6. The summed E-state index contributed by atoms with van der Waals surface area (Å²) in [5.41, 5.74) is 3.31. The SMILES string of the molecule is CN1CCN(c2ccnc(NC3(c4cn(-c5cccc(C6CC6)c5)cn4)CC3)n2)C1=O. The number of imidazole rings is 1. The molecule has 2 amide bonds. The molecule has 1 aliphatic heterocycles. The van der Waals surface area contributed by atoms with Crippen LogP contribution in [0.25, 0.3) is 5.69 Å². The number of carbonyl (C=O) groups excluding carboxylic acids is 1. The highest BCUT2D eigenvalue weighted by molar-refractivity contribution is 5.93. The number of benzene rings is 1. The number of likely N-dealkylation sites (N-methyl/N-ethyl adjacent to an activating group) is 1. The van der Waals surface area contributed by atoms with Gasteiger partial charge in [-0.1, -0.05) is 12.1 Å². The minimum atomic E-state index is -0.246. The molecule has 0 radical (unpaired) electrons. The highest BCUT2D eigenvalue weighted by Gasteiger charge is 2.47. The molecule has 1 aromatic carbocycles. The average Bonchev–Trinajstić information content (AvgIpc) is 3.70. The van der Waals surface area contributed by atoms with Crippen LogP contribution < -0.4 is 10.2 Å². The molecule has 8 nitrogen and oxygen atoms in total. The van der Waals surface area contributed by atoms with Gasteiger partial charge in [-0.05, 0) is 55.4 Å². The van der Waals surface area contributed by atoms with Gasteiger partial charge in [0.1, 0.15) is 5.82 Å². The van der Waals surface area contributed by atoms with Crippen LogP contribution in [0.2, 0.25) is 0 Å². The molecule has 2 aliphatic carbocycles. The minimum Gasteiger partial charge on any atom is -0.343 e. The van der Waals surface area contributed by atoms with E-state index in [9.17, 15) is 4.79 Å². The topological polar surface area (TPSA) is 79.2 Å². The van der Waals surface area contributed by atoms with Gasteiger partial charge in [0.25, 0.3) is 0 Å². The van der Waals surface area contributed by atoms with Gasteiger partial charge >= 0.3 is 6.03 Å². The molecule has 3 fully saturated rings. The molecule has 6 rings (SSSR count). The Morgan fingerprint density at radius 3 is 2.74 bits per heavy atom. The van der Waals surface area contributed by atoms with E-state index in [1.165, 1.54) is 18.4 Å². The number of carbonyl (C=O) groups is 1. The third kappa shape index (κ3) is 3.32. The van der Waals surface area contributed by atoms with Gasteiger partial charge in [-0.15, -0.1) is 0 Å². The van der Waals surface area contributed by atoms with Crippen molar-refractivity contribution in [1.29, 1.82) is 0 Å². The summed E-state index contributed by atoms with van der Waals surface area (Å²) < 4.78 is 2.10. The molecule has 1 saturated heterocycles. The fraction of sp³-hybridized carbons (Fsp3) is 0.391. The van der Waals surface area contributed by atoms with E-state index in [2.05, 4.69) is 50.3 Å². The van der Waals surface area contributed by atoms with Crippen LogP contribution in [0.5, 0.6) is 0 Å². The Balaban J connectivity index is 1.23. The fourth-order valence-corrected chi connectivity index (χ4v) is 4.27. The molecule has 3 aliphatic rings. The number of urea groups is 1. The first-order valence-corrected chi connectivity index (χ1v) is 10.9. The Morgan fingerprint density at radius 2 is 2.00 bits per heavy atom. The van der Waals surface area contributed by atoms with Crippen LogP contribution in [0.4, 0.5) is 16.6 Å². The largest absolute Gasteiger partial charge is 0.343 e. The van der Waals surface area contributed by atoms with Gasteiger partial charge in [0, 0.05) is 38.2 Å². The zero-order valence-electron chi connectivity index (χ0n) is 17.5.